The fourth-order valence-corrected chi connectivity index (χ4v) is 4.31. The summed E-state index contributed by atoms with van der Waals surface area (Å²) in [6, 6.07) is 9.83. The summed E-state index contributed by atoms with van der Waals surface area (Å²) in [6.07, 6.45) is -0.553. The highest BCUT2D eigenvalue weighted by Crippen LogP contribution is 2.38. The zero-order valence-electron chi connectivity index (χ0n) is 20.1. The van der Waals surface area contributed by atoms with Crippen LogP contribution in [0.3, 0.4) is 0 Å². The Morgan fingerprint density at radius 3 is 2.21 bits per heavy atom. The Kier molecular flexibility index (Phi) is 8.34. The monoisotopic (exact) mass is 474 g/mol. The Morgan fingerprint density at radius 2 is 1.53 bits per heavy atom. The Morgan fingerprint density at radius 1 is 0.853 bits per heavy atom. The predicted octanol–water partition coefficient (Wildman–Crippen LogP) is 2.14. The van der Waals surface area contributed by atoms with E-state index in [2.05, 4.69) is 21.9 Å². The number of fused-ring (bicyclic) bond motifs is 1. The van der Waals surface area contributed by atoms with E-state index in [1.807, 2.05) is 18.2 Å². The van der Waals surface area contributed by atoms with Crippen molar-refractivity contribution in [3.05, 3.63) is 41.5 Å². The van der Waals surface area contributed by atoms with Crippen LogP contribution < -0.4 is 23.7 Å². The second-order valence-electron chi connectivity index (χ2n) is 8.47. The standard InChI is InChI=1S/C25H34N2O7/c1-29-23-11-19(12-24(30-2)25(23)31-3)15-32-16-20(28)14-27-8-6-26(7-9-27)13-18-4-5-21-22(10-18)34-17-33-21/h4-5,10-12,20,28H,6-9,13-17H2,1-3H3/t20-/m1/s1. The Bertz CT molecular complexity index is 922. The van der Waals surface area contributed by atoms with Gasteiger partial charge in [-0.25, -0.2) is 0 Å². The zero-order valence-corrected chi connectivity index (χ0v) is 20.1. The van der Waals surface area contributed by atoms with Crippen molar-refractivity contribution < 1.29 is 33.5 Å². The molecule has 2 aromatic rings. The third kappa shape index (κ3) is 6.04. The normalized spacial score (nSPS) is 16.9. The van der Waals surface area contributed by atoms with Gasteiger partial charge in [0, 0.05) is 39.3 Å². The van der Waals surface area contributed by atoms with E-state index in [1.165, 1.54) is 5.56 Å². The highest BCUT2D eigenvalue weighted by molar-refractivity contribution is 5.53. The summed E-state index contributed by atoms with van der Waals surface area (Å²) in [4.78, 5) is 4.70. The quantitative estimate of drug-likeness (QED) is 0.527. The van der Waals surface area contributed by atoms with Gasteiger partial charge in [-0.3, -0.25) is 9.80 Å². The maximum atomic E-state index is 10.5. The third-order valence-electron chi connectivity index (χ3n) is 6.08. The lowest BCUT2D eigenvalue weighted by Gasteiger charge is -2.35. The van der Waals surface area contributed by atoms with Gasteiger partial charge in [-0.05, 0) is 35.4 Å². The second kappa shape index (κ2) is 11.6. The summed E-state index contributed by atoms with van der Waals surface area (Å²) in [5, 5.41) is 10.5. The van der Waals surface area contributed by atoms with Crippen LogP contribution in [0.5, 0.6) is 28.7 Å². The summed E-state index contributed by atoms with van der Waals surface area (Å²) in [7, 11) is 4.74. The number of hydrogen-bond donors (Lipinski definition) is 1. The summed E-state index contributed by atoms with van der Waals surface area (Å²) in [5.74, 6) is 3.35. The smallest absolute Gasteiger partial charge is 0.231 e. The van der Waals surface area contributed by atoms with E-state index in [0.29, 0.717) is 37.2 Å². The van der Waals surface area contributed by atoms with Gasteiger partial charge in [0.05, 0.1) is 40.6 Å². The molecule has 0 spiro atoms. The molecule has 1 saturated heterocycles. The molecule has 0 amide bonds. The van der Waals surface area contributed by atoms with Crippen LogP contribution in [0.2, 0.25) is 0 Å². The second-order valence-corrected chi connectivity index (χ2v) is 8.47. The minimum atomic E-state index is -0.553. The summed E-state index contributed by atoms with van der Waals surface area (Å²) in [6.45, 7) is 6.10. The number of aliphatic hydroxyl groups is 1. The lowest BCUT2D eigenvalue weighted by Crippen LogP contribution is -2.48. The molecule has 1 fully saturated rings. The van der Waals surface area contributed by atoms with Crippen molar-refractivity contribution in [1.29, 1.82) is 0 Å². The number of nitrogens with zero attached hydrogens (tertiary/aromatic N) is 2. The summed E-state index contributed by atoms with van der Waals surface area (Å²) < 4.78 is 32.7. The number of rotatable bonds is 11. The fraction of sp³-hybridized carbons (Fsp3) is 0.520. The van der Waals surface area contributed by atoms with Crippen LogP contribution in [0.1, 0.15) is 11.1 Å². The van der Waals surface area contributed by atoms with Crippen LogP contribution in [-0.2, 0) is 17.9 Å². The number of benzene rings is 2. The summed E-state index contributed by atoms with van der Waals surface area (Å²) in [5.41, 5.74) is 2.11. The van der Waals surface area contributed by atoms with Gasteiger partial charge in [-0.1, -0.05) is 6.07 Å². The number of β-amino-alcohol motifs (C(OH)–C–C–N with tert-alkyl or cyclic N) is 1. The van der Waals surface area contributed by atoms with Gasteiger partial charge >= 0.3 is 0 Å². The van der Waals surface area contributed by atoms with Crippen molar-refractivity contribution in [1.82, 2.24) is 9.80 Å². The molecule has 4 rings (SSSR count). The lowest BCUT2D eigenvalue weighted by molar-refractivity contribution is 0.000804. The van der Waals surface area contributed by atoms with Gasteiger partial charge in [-0.2, -0.15) is 0 Å². The van der Waals surface area contributed by atoms with Crippen molar-refractivity contribution >= 4 is 0 Å². The lowest BCUT2D eigenvalue weighted by atomic mass is 10.1. The molecule has 1 N–H and O–H groups in total. The topological polar surface area (TPSA) is 82.1 Å². The van der Waals surface area contributed by atoms with E-state index in [0.717, 1.165) is 49.8 Å². The van der Waals surface area contributed by atoms with E-state index in [1.54, 1.807) is 21.3 Å². The maximum absolute atomic E-state index is 10.5. The van der Waals surface area contributed by atoms with Gasteiger partial charge in [-0.15, -0.1) is 0 Å². The highest BCUT2D eigenvalue weighted by atomic mass is 16.7. The average Bonchev–Trinajstić information content (AvgIpc) is 3.32. The first-order valence-corrected chi connectivity index (χ1v) is 11.5. The van der Waals surface area contributed by atoms with Crippen molar-refractivity contribution in [2.75, 3.05) is 67.5 Å². The van der Waals surface area contributed by atoms with E-state index in [4.69, 9.17) is 28.4 Å². The third-order valence-corrected chi connectivity index (χ3v) is 6.08. The molecule has 1 atom stereocenters. The highest BCUT2D eigenvalue weighted by Gasteiger charge is 2.21. The minimum Gasteiger partial charge on any atom is -0.493 e. The molecule has 2 heterocycles. The van der Waals surface area contributed by atoms with Crippen LogP contribution in [-0.4, -0.2) is 88.5 Å². The van der Waals surface area contributed by atoms with Crippen molar-refractivity contribution in [2.45, 2.75) is 19.3 Å². The zero-order chi connectivity index (χ0) is 23.9. The number of piperazine rings is 1. The Hall–Kier alpha value is -2.72. The number of ether oxygens (including phenoxy) is 6. The molecule has 0 saturated carbocycles. The number of hydrogen-bond acceptors (Lipinski definition) is 9. The number of methoxy groups -OCH3 is 3. The predicted molar refractivity (Wildman–Crippen MR) is 126 cm³/mol. The molecule has 0 aromatic heterocycles. The molecule has 186 valence electrons. The Balaban J connectivity index is 1.18. The van der Waals surface area contributed by atoms with E-state index in [-0.39, 0.29) is 6.61 Å². The van der Waals surface area contributed by atoms with E-state index >= 15 is 0 Å². The van der Waals surface area contributed by atoms with Gasteiger partial charge < -0.3 is 33.5 Å². The molecular formula is C25H34N2O7. The van der Waals surface area contributed by atoms with Crippen LogP contribution in [0.4, 0.5) is 0 Å². The summed E-state index contributed by atoms with van der Waals surface area (Å²) >= 11 is 0. The molecule has 9 nitrogen and oxygen atoms in total. The minimum absolute atomic E-state index is 0.258. The van der Waals surface area contributed by atoms with Crippen molar-refractivity contribution in [3.8, 4) is 28.7 Å². The first-order valence-electron chi connectivity index (χ1n) is 11.5. The molecule has 0 unspecified atom stereocenters. The first-order chi connectivity index (χ1) is 16.6. The van der Waals surface area contributed by atoms with Crippen molar-refractivity contribution in [2.24, 2.45) is 0 Å². The SMILES string of the molecule is COc1cc(COC[C@H](O)CN2CCN(Cc3ccc4c(c3)OCO4)CC2)cc(OC)c1OC. The van der Waals surface area contributed by atoms with E-state index in [9.17, 15) is 5.11 Å². The largest absolute Gasteiger partial charge is 0.493 e. The molecule has 2 aliphatic heterocycles. The van der Waals surface area contributed by atoms with Crippen LogP contribution >= 0.6 is 0 Å². The van der Waals surface area contributed by atoms with Gasteiger partial charge in [0.1, 0.15) is 0 Å². The number of aliphatic hydroxyl groups excluding tert-OH is 1. The Labute approximate surface area is 200 Å². The molecule has 34 heavy (non-hydrogen) atoms. The molecule has 9 heteroatoms. The van der Waals surface area contributed by atoms with Gasteiger partial charge in [0.2, 0.25) is 12.5 Å². The van der Waals surface area contributed by atoms with Crippen LogP contribution in [0.15, 0.2) is 30.3 Å². The van der Waals surface area contributed by atoms with Crippen molar-refractivity contribution in [3.63, 3.8) is 0 Å². The van der Waals surface area contributed by atoms with Crippen LogP contribution in [0.25, 0.3) is 0 Å². The molecule has 0 radical (unpaired) electrons. The van der Waals surface area contributed by atoms with Gasteiger partial charge in [0.15, 0.2) is 23.0 Å². The molecule has 2 aromatic carbocycles. The first kappa shape index (κ1) is 24.4. The molecule has 0 aliphatic carbocycles. The molecule has 2 aliphatic rings. The fourth-order valence-electron chi connectivity index (χ4n) is 4.31. The molecule has 0 bridgehead atoms. The molecular weight excluding hydrogens is 440 g/mol. The van der Waals surface area contributed by atoms with E-state index < -0.39 is 6.10 Å². The average molecular weight is 475 g/mol. The van der Waals surface area contributed by atoms with Crippen LogP contribution in [0, 0.1) is 0 Å². The maximum Gasteiger partial charge on any atom is 0.231 e. The van der Waals surface area contributed by atoms with Gasteiger partial charge in [0.25, 0.3) is 0 Å².